The van der Waals surface area contributed by atoms with Gasteiger partial charge in [-0.25, -0.2) is 4.79 Å². The van der Waals surface area contributed by atoms with Crippen molar-refractivity contribution in [3.8, 4) is 0 Å². The third-order valence-corrected chi connectivity index (χ3v) is 3.04. The minimum atomic E-state index is -0.898. The predicted octanol–water partition coefficient (Wildman–Crippen LogP) is 3.94. The van der Waals surface area contributed by atoms with Gasteiger partial charge < -0.3 is 9.84 Å². The summed E-state index contributed by atoms with van der Waals surface area (Å²) in [6.07, 6.45) is 0. The molecule has 1 N–H and O–H groups in total. The van der Waals surface area contributed by atoms with E-state index in [1.807, 2.05) is 0 Å². The molecule has 0 aromatic heterocycles. The molecule has 0 unspecified atom stereocenters. The molecule has 0 aliphatic rings. The fraction of sp³-hybridized carbons (Fsp3) is 0.375. The van der Waals surface area contributed by atoms with E-state index in [2.05, 4.69) is 0 Å². The van der Waals surface area contributed by atoms with Crippen LogP contribution in [-0.4, -0.2) is 23.5 Å². The molecule has 0 radical (unpaired) electrons. The number of aliphatic hydroxyl groups excluding tert-OH is 1. The molecular formula is C16H19ClO4. The van der Waals surface area contributed by atoms with Gasteiger partial charge >= 0.3 is 5.97 Å². The first kappa shape index (κ1) is 17.2. The average molecular weight is 311 g/mol. The molecule has 21 heavy (non-hydrogen) atoms. The van der Waals surface area contributed by atoms with Crippen LogP contribution in [0.3, 0.4) is 0 Å². The molecule has 0 bridgehead atoms. The summed E-state index contributed by atoms with van der Waals surface area (Å²) in [6.45, 7) is 6.97. The molecule has 1 aromatic rings. The fourth-order valence-corrected chi connectivity index (χ4v) is 1.98. The molecule has 0 amide bonds. The topological polar surface area (TPSA) is 63.6 Å². The third-order valence-electron chi connectivity index (χ3n) is 2.79. The Morgan fingerprint density at radius 3 is 2.14 bits per heavy atom. The largest absolute Gasteiger partial charge is 0.502 e. The summed E-state index contributed by atoms with van der Waals surface area (Å²) in [7, 11) is 0. The quantitative estimate of drug-likeness (QED) is 0.396. The standard InChI is InChI=1S/C16H19ClO4/c1-5-21-15(20)14(19)12(16(2,3)4)13(18)10-6-8-11(17)9-7-10/h6-9,19H,5H2,1-4H3/b14-12+. The summed E-state index contributed by atoms with van der Waals surface area (Å²) in [6, 6.07) is 6.26. The Labute approximate surface area is 129 Å². The average Bonchev–Trinajstić information content (AvgIpc) is 2.38. The minimum absolute atomic E-state index is 0.0169. The number of carbonyl (C=O) groups excluding carboxylic acids is 2. The Morgan fingerprint density at radius 1 is 1.19 bits per heavy atom. The fourth-order valence-electron chi connectivity index (χ4n) is 1.85. The lowest BCUT2D eigenvalue weighted by Crippen LogP contribution is -2.24. The maximum absolute atomic E-state index is 12.6. The Morgan fingerprint density at radius 2 is 1.71 bits per heavy atom. The van der Waals surface area contributed by atoms with Gasteiger partial charge in [0.2, 0.25) is 5.76 Å². The van der Waals surface area contributed by atoms with Crippen LogP contribution >= 0.6 is 11.6 Å². The molecule has 114 valence electrons. The molecule has 4 nitrogen and oxygen atoms in total. The maximum Gasteiger partial charge on any atom is 0.373 e. The first-order valence-corrected chi connectivity index (χ1v) is 6.97. The van der Waals surface area contributed by atoms with Crippen molar-refractivity contribution in [1.29, 1.82) is 0 Å². The van der Waals surface area contributed by atoms with E-state index in [9.17, 15) is 14.7 Å². The van der Waals surface area contributed by atoms with Crippen LogP contribution in [-0.2, 0) is 9.53 Å². The zero-order valence-corrected chi connectivity index (χ0v) is 13.3. The number of hydrogen-bond donors (Lipinski definition) is 1. The zero-order valence-electron chi connectivity index (χ0n) is 12.6. The van der Waals surface area contributed by atoms with Gasteiger partial charge in [0.15, 0.2) is 5.78 Å². The van der Waals surface area contributed by atoms with E-state index in [0.29, 0.717) is 10.6 Å². The monoisotopic (exact) mass is 310 g/mol. The van der Waals surface area contributed by atoms with Gasteiger partial charge in [-0.3, -0.25) is 4.79 Å². The number of ketones is 1. The Bertz CT molecular complexity index is 565. The van der Waals surface area contributed by atoms with Crippen LogP contribution in [0.15, 0.2) is 35.6 Å². The minimum Gasteiger partial charge on any atom is -0.502 e. The number of Topliss-reactive ketones (excluding diaryl/α,β-unsaturated/α-hetero) is 1. The summed E-state index contributed by atoms with van der Waals surface area (Å²) in [5.74, 6) is -1.97. The highest BCUT2D eigenvalue weighted by molar-refractivity contribution is 6.30. The van der Waals surface area contributed by atoms with Crippen molar-refractivity contribution in [2.75, 3.05) is 6.61 Å². The molecule has 0 heterocycles. The summed E-state index contributed by atoms with van der Waals surface area (Å²) >= 11 is 5.79. The van der Waals surface area contributed by atoms with Gasteiger partial charge in [-0.1, -0.05) is 32.4 Å². The number of carbonyl (C=O) groups is 2. The van der Waals surface area contributed by atoms with Crippen molar-refractivity contribution in [2.24, 2.45) is 5.41 Å². The second-order valence-electron chi connectivity index (χ2n) is 5.53. The van der Waals surface area contributed by atoms with Crippen molar-refractivity contribution in [1.82, 2.24) is 0 Å². The molecule has 1 rings (SSSR count). The van der Waals surface area contributed by atoms with Gasteiger partial charge in [-0.05, 0) is 36.6 Å². The number of esters is 1. The third kappa shape index (κ3) is 4.33. The number of benzene rings is 1. The van der Waals surface area contributed by atoms with E-state index in [1.165, 1.54) is 0 Å². The molecule has 0 spiro atoms. The van der Waals surface area contributed by atoms with Gasteiger partial charge in [0.1, 0.15) is 0 Å². The van der Waals surface area contributed by atoms with Crippen LogP contribution in [0.4, 0.5) is 0 Å². The molecule has 0 atom stereocenters. The number of halogens is 1. The molecule has 0 saturated carbocycles. The van der Waals surface area contributed by atoms with Gasteiger partial charge in [0.25, 0.3) is 0 Å². The molecule has 0 fully saturated rings. The highest BCUT2D eigenvalue weighted by Crippen LogP contribution is 2.31. The molecule has 0 aliphatic carbocycles. The Hall–Kier alpha value is -1.81. The first-order valence-electron chi connectivity index (χ1n) is 6.59. The van der Waals surface area contributed by atoms with Gasteiger partial charge in [0, 0.05) is 10.6 Å². The normalized spacial score (nSPS) is 12.6. The van der Waals surface area contributed by atoms with Crippen molar-refractivity contribution < 1.29 is 19.4 Å². The maximum atomic E-state index is 12.6. The summed E-state index contributed by atoms with van der Waals surface area (Å²) in [4.78, 5) is 24.3. The van der Waals surface area contributed by atoms with Crippen molar-refractivity contribution in [2.45, 2.75) is 27.7 Å². The van der Waals surface area contributed by atoms with Crippen LogP contribution < -0.4 is 0 Å². The molecule has 5 heteroatoms. The highest BCUT2D eigenvalue weighted by atomic mass is 35.5. The lowest BCUT2D eigenvalue weighted by molar-refractivity contribution is -0.141. The molecule has 0 saturated heterocycles. The van der Waals surface area contributed by atoms with Gasteiger partial charge in [-0.2, -0.15) is 0 Å². The molecule has 0 aliphatic heterocycles. The lowest BCUT2D eigenvalue weighted by atomic mass is 9.81. The Balaban J connectivity index is 3.33. The van der Waals surface area contributed by atoms with E-state index >= 15 is 0 Å². The summed E-state index contributed by atoms with van der Waals surface area (Å²) < 4.78 is 4.76. The van der Waals surface area contributed by atoms with Crippen molar-refractivity contribution in [3.63, 3.8) is 0 Å². The zero-order chi connectivity index (χ0) is 16.2. The molecular weight excluding hydrogens is 292 g/mol. The van der Waals surface area contributed by atoms with E-state index in [-0.39, 0.29) is 12.2 Å². The van der Waals surface area contributed by atoms with Crippen LogP contribution in [0.1, 0.15) is 38.1 Å². The first-order chi connectivity index (χ1) is 9.68. The number of aliphatic hydroxyl groups is 1. The van der Waals surface area contributed by atoms with Crippen LogP contribution in [0.5, 0.6) is 0 Å². The smallest absolute Gasteiger partial charge is 0.373 e. The van der Waals surface area contributed by atoms with E-state index in [4.69, 9.17) is 16.3 Å². The highest BCUT2D eigenvalue weighted by Gasteiger charge is 2.32. The number of rotatable bonds is 4. The van der Waals surface area contributed by atoms with E-state index < -0.39 is 22.9 Å². The second-order valence-corrected chi connectivity index (χ2v) is 5.97. The van der Waals surface area contributed by atoms with Crippen LogP contribution in [0, 0.1) is 5.41 Å². The number of allylic oxidation sites excluding steroid dienone is 1. The summed E-state index contributed by atoms with van der Waals surface area (Å²) in [5.41, 5.74) is -0.350. The van der Waals surface area contributed by atoms with E-state index in [0.717, 1.165) is 0 Å². The van der Waals surface area contributed by atoms with Crippen LogP contribution in [0.2, 0.25) is 5.02 Å². The number of ether oxygens (including phenoxy) is 1. The predicted molar refractivity (Wildman–Crippen MR) is 81.5 cm³/mol. The lowest BCUT2D eigenvalue weighted by Gasteiger charge is -2.23. The van der Waals surface area contributed by atoms with Crippen molar-refractivity contribution in [3.05, 3.63) is 46.2 Å². The van der Waals surface area contributed by atoms with Gasteiger partial charge in [0.05, 0.1) is 12.2 Å². The van der Waals surface area contributed by atoms with Crippen molar-refractivity contribution >= 4 is 23.4 Å². The van der Waals surface area contributed by atoms with E-state index in [1.54, 1.807) is 52.0 Å². The number of hydrogen-bond acceptors (Lipinski definition) is 4. The van der Waals surface area contributed by atoms with Crippen LogP contribution in [0.25, 0.3) is 0 Å². The SMILES string of the molecule is CCOC(=O)/C(O)=C(/C(=O)c1ccc(Cl)cc1)C(C)(C)C. The Kier molecular flexibility index (Phi) is 5.55. The second kappa shape index (κ2) is 6.76. The van der Waals surface area contributed by atoms with Gasteiger partial charge in [-0.15, -0.1) is 0 Å². The summed E-state index contributed by atoms with van der Waals surface area (Å²) in [5, 5.41) is 10.6. The molecule has 1 aromatic carbocycles.